The van der Waals surface area contributed by atoms with Crippen molar-refractivity contribution in [3.63, 3.8) is 0 Å². The standard InChI is InChI=1S/C23H30N2O2/c1-18-9-13-20(14-10-18)23(27)24-17-7-5-3-4-6-8-22(26)25-21-15-11-19(2)12-16-21/h9-16H,3-8,17H2,1-2H3,(H,24,27)(H,25,26). The summed E-state index contributed by atoms with van der Waals surface area (Å²) in [6.07, 6.45) is 5.60. The predicted molar refractivity (Wildman–Crippen MR) is 111 cm³/mol. The molecule has 0 aliphatic heterocycles. The SMILES string of the molecule is Cc1ccc(NC(=O)CCCCCCCNC(=O)c2ccc(C)cc2)cc1. The van der Waals surface area contributed by atoms with Crippen LogP contribution in [0.4, 0.5) is 5.69 Å². The molecule has 0 radical (unpaired) electrons. The van der Waals surface area contributed by atoms with Crippen molar-refractivity contribution in [2.24, 2.45) is 0 Å². The Bertz CT molecular complexity index is 721. The largest absolute Gasteiger partial charge is 0.352 e. The molecule has 2 aromatic rings. The molecule has 0 unspecified atom stereocenters. The van der Waals surface area contributed by atoms with E-state index in [1.165, 1.54) is 5.56 Å². The fraction of sp³-hybridized carbons (Fsp3) is 0.391. The molecule has 0 saturated heterocycles. The lowest BCUT2D eigenvalue weighted by molar-refractivity contribution is -0.116. The van der Waals surface area contributed by atoms with Crippen molar-refractivity contribution in [3.8, 4) is 0 Å². The molecule has 4 heteroatoms. The predicted octanol–water partition coefficient (Wildman–Crippen LogP) is 5.01. The Morgan fingerprint density at radius 1 is 0.741 bits per heavy atom. The molecule has 2 aromatic carbocycles. The topological polar surface area (TPSA) is 58.2 Å². The van der Waals surface area contributed by atoms with Crippen LogP contribution < -0.4 is 10.6 Å². The molecule has 0 bridgehead atoms. The van der Waals surface area contributed by atoms with Gasteiger partial charge in [0.05, 0.1) is 0 Å². The van der Waals surface area contributed by atoms with E-state index in [1.807, 2.05) is 62.4 Å². The maximum absolute atomic E-state index is 12.0. The summed E-state index contributed by atoms with van der Waals surface area (Å²) >= 11 is 0. The minimum absolute atomic E-state index is 0.0113. The average Bonchev–Trinajstić information content (AvgIpc) is 2.66. The number of unbranched alkanes of at least 4 members (excludes halogenated alkanes) is 4. The van der Waals surface area contributed by atoms with Crippen molar-refractivity contribution in [1.82, 2.24) is 5.32 Å². The lowest BCUT2D eigenvalue weighted by Crippen LogP contribution is -2.24. The fourth-order valence-corrected chi connectivity index (χ4v) is 2.81. The van der Waals surface area contributed by atoms with Gasteiger partial charge in [0.1, 0.15) is 0 Å². The van der Waals surface area contributed by atoms with E-state index in [0.29, 0.717) is 18.5 Å². The first kappa shape index (κ1) is 20.7. The highest BCUT2D eigenvalue weighted by atomic mass is 16.2. The highest BCUT2D eigenvalue weighted by molar-refractivity contribution is 5.94. The van der Waals surface area contributed by atoms with E-state index in [0.717, 1.165) is 43.4 Å². The molecule has 0 fully saturated rings. The lowest BCUT2D eigenvalue weighted by atomic mass is 10.1. The fourth-order valence-electron chi connectivity index (χ4n) is 2.81. The van der Waals surface area contributed by atoms with E-state index in [-0.39, 0.29) is 11.8 Å². The molecule has 0 heterocycles. The minimum atomic E-state index is -0.0113. The average molecular weight is 367 g/mol. The molecule has 0 aliphatic rings. The molecule has 2 rings (SSSR count). The summed E-state index contributed by atoms with van der Waals surface area (Å²) in [7, 11) is 0. The third-order valence-corrected chi connectivity index (χ3v) is 4.52. The van der Waals surface area contributed by atoms with Crippen LogP contribution in [0.1, 0.15) is 60.0 Å². The minimum Gasteiger partial charge on any atom is -0.352 e. The normalized spacial score (nSPS) is 10.4. The van der Waals surface area contributed by atoms with Gasteiger partial charge in [-0.25, -0.2) is 0 Å². The van der Waals surface area contributed by atoms with Crippen LogP contribution in [0.25, 0.3) is 0 Å². The summed E-state index contributed by atoms with van der Waals surface area (Å²) in [6.45, 7) is 4.73. The Balaban J connectivity index is 1.48. The van der Waals surface area contributed by atoms with Crippen molar-refractivity contribution in [1.29, 1.82) is 0 Å². The molecule has 4 nitrogen and oxygen atoms in total. The first-order chi connectivity index (χ1) is 13.0. The zero-order valence-corrected chi connectivity index (χ0v) is 16.4. The number of hydrogen-bond donors (Lipinski definition) is 2. The molecular weight excluding hydrogens is 336 g/mol. The Labute approximate surface area is 162 Å². The molecule has 2 amide bonds. The summed E-state index contributed by atoms with van der Waals surface area (Å²) in [6, 6.07) is 15.4. The van der Waals surface area contributed by atoms with Crippen LogP contribution in [0.15, 0.2) is 48.5 Å². The molecule has 144 valence electrons. The van der Waals surface area contributed by atoms with E-state index >= 15 is 0 Å². The smallest absolute Gasteiger partial charge is 0.251 e. The first-order valence-electron chi connectivity index (χ1n) is 9.76. The molecule has 27 heavy (non-hydrogen) atoms. The maximum Gasteiger partial charge on any atom is 0.251 e. The van der Waals surface area contributed by atoms with E-state index < -0.39 is 0 Å². The summed E-state index contributed by atoms with van der Waals surface area (Å²) in [4.78, 5) is 23.9. The van der Waals surface area contributed by atoms with Crippen molar-refractivity contribution >= 4 is 17.5 Å². The zero-order valence-electron chi connectivity index (χ0n) is 16.4. The van der Waals surface area contributed by atoms with Gasteiger partial charge in [0.2, 0.25) is 5.91 Å². The van der Waals surface area contributed by atoms with Gasteiger partial charge in [-0.1, -0.05) is 54.7 Å². The number of anilines is 1. The van der Waals surface area contributed by atoms with Crippen LogP contribution in [0.3, 0.4) is 0 Å². The lowest BCUT2D eigenvalue weighted by Gasteiger charge is -2.07. The number of benzene rings is 2. The monoisotopic (exact) mass is 366 g/mol. The number of carbonyl (C=O) groups is 2. The van der Waals surface area contributed by atoms with Gasteiger partial charge in [0, 0.05) is 24.2 Å². The Morgan fingerprint density at radius 2 is 1.30 bits per heavy atom. The second kappa shape index (κ2) is 11.2. The molecule has 0 spiro atoms. The number of rotatable bonds is 10. The quantitative estimate of drug-likeness (QED) is 0.581. The van der Waals surface area contributed by atoms with Crippen LogP contribution >= 0.6 is 0 Å². The second-order valence-corrected chi connectivity index (χ2v) is 7.05. The van der Waals surface area contributed by atoms with Gasteiger partial charge in [-0.3, -0.25) is 9.59 Å². The molecule has 0 saturated carbocycles. The highest BCUT2D eigenvalue weighted by Crippen LogP contribution is 2.11. The van der Waals surface area contributed by atoms with Gasteiger partial charge in [0.15, 0.2) is 0 Å². The van der Waals surface area contributed by atoms with Crippen molar-refractivity contribution in [2.45, 2.75) is 52.4 Å². The number of amides is 2. The van der Waals surface area contributed by atoms with Gasteiger partial charge >= 0.3 is 0 Å². The van der Waals surface area contributed by atoms with E-state index in [4.69, 9.17) is 0 Å². The molecule has 0 aromatic heterocycles. The van der Waals surface area contributed by atoms with Gasteiger partial charge in [0.25, 0.3) is 5.91 Å². The molecule has 2 N–H and O–H groups in total. The van der Waals surface area contributed by atoms with Gasteiger partial charge in [-0.15, -0.1) is 0 Å². The highest BCUT2D eigenvalue weighted by Gasteiger charge is 2.04. The third kappa shape index (κ3) is 8.07. The maximum atomic E-state index is 12.0. The van der Waals surface area contributed by atoms with Crippen LogP contribution in [0, 0.1) is 13.8 Å². The van der Waals surface area contributed by atoms with Crippen LogP contribution in [0.5, 0.6) is 0 Å². The van der Waals surface area contributed by atoms with Crippen LogP contribution in [0.2, 0.25) is 0 Å². The van der Waals surface area contributed by atoms with Gasteiger partial charge < -0.3 is 10.6 Å². The molecule has 0 atom stereocenters. The van der Waals surface area contributed by atoms with Crippen molar-refractivity contribution < 1.29 is 9.59 Å². The Hall–Kier alpha value is -2.62. The molecule has 0 aliphatic carbocycles. The first-order valence-corrected chi connectivity index (χ1v) is 9.76. The second-order valence-electron chi connectivity index (χ2n) is 7.05. The van der Waals surface area contributed by atoms with Gasteiger partial charge in [-0.2, -0.15) is 0 Å². The van der Waals surface area contributed by atoms with E-state index in [2.05, 4.69) is 10.6 Å². The van der Waals surface area contributed by atoms with Gasteiger partial charge in [-0.05, 0) is 51.0 Å². The Morgan fingerprint density at radius 3 is 1.96 bits per heavy atom. The summed E-state index contributed by atoms with van der Waals surface area (Å²) in [5, 5.41) is 5.88. The van der Waals surface area contributed by atoms with E-state index in [9.17, 15) is 9.59 Å². The van der Waals surface area contributed by atoms with Crippen LogP contribution in [-0.2, 0) is 4.79 Å². The van der Waals surface area contributed by atoms with Crippen LogP contribution in [-0.4, -0.2) is 18.4 Å². The van der Waals surface area contributed by atoms with Crippen molar-refractivity contribution in [2.75, 3.05) is 11.9 Å². The number of aryl methyl sites for hydroxylation is 2. The number of carbonyl (C=O) groups excluding carboxylic acids is 2. The number of hydrogen-bond acceptors (Lipinski definition) is 2. The van der Waals surface area contributed by atoms with E-state index in [1.54, 1.807) is 0 Å². The summed E-state index contributed by atoms with van der Waals surface area (Å²) in [5.74, 6) is 0.0620. The number of nitrogens with one attached hydrogen (secondary N) is 2. The van der Waals surface area contributed by atoms with Crippen molar-refractivity contribution in [3.05, 3.63) is 65.2 Å². The Kier molecular flexibility index (Phi) is 8.56. The zero-order chi connectivity index (χ0) is 19.5. The summed E-state index contributed by atoms with van der Waals surface area (Å²) in [5.41, 5.74) is 3.90. The third-order valence-electron chi connectivity index (χ3n) is 4.52. The summed E-state index contributed by atoms with van der Waals surface area (Å²) < 4.78 is 0. The molecular formula is C23H30N2O2.